The van der Waals surface area contributed by atoms with Gasteiger partial charge in [-0.05, 0) is 32.9 Å². The van der Waals surface area contributed by atoms with Crippen molar-refractivity contribution in [1.29, 1.82) is 0 Å². The molecule has 0 atom stereocenters. The second kappa shape index (κ2) is 5.47. The van der Waals surface area contributed by atoms with E-state index in [-0.39, 0.29) is 11.1 Å². The molecule has 0 saturated heterocycles. The van der Waals surface area contributed by atoms with Crippen LogP contribution < -0.4 is 0 Å². The first-order valence-electron chi connectivity index (χ1n) is 6.33. The van der Waals surface area contributed by atoms with Gasteiger partial charge in [0.2, 0.25) is 0 Å². The van der Waals surface area contributed by atoms with Crippen molar-refractivity contribution < 1.29 is 18.7 Å². The van der Waals surface area contributed by atoms with E-state index in [2.05, 4.69) is 4.98 Å². The van der Waals surface area contributed by atoms with Gasteiger partial charge in [0.25, 0.3) is 0 Å². The summed E-state index contributed by atoms with van der Waals surface area (Å²) in [5.74, 6) is -1.19. The Kier molecular flexibility index (Phi) is 3.88. The highest BCUT2D eigenvalue weighted by molar-refractivity contribution is 6.09. The number of halogens is 1. The van der Waals surface area contributed by atoms with Gasteiger partial charge in [-0.15, -0.1) is 0 Å². The van der Waals surface area contributed by atoms with E-state index in [1.54, 1.807) is 20.8 Å². The summed E-state index contributed by atoms with van der Waals surface area (Å²) in [6.07, 6.45) is 4.52. The number of ketones is 1. The molecule has 110 valence electrons. The van der Waals surface area contributed by atoms with Crippen molar-refractivity contribution in [2.24, 2.45) is 0 Å². The molecule has 0 aliphatic rings. The number of hydrogen-bond donors (Lipinski definition) is 0. The van der Waals surface area contributed by atoms with Crippen LogP contribution in [0.2, 0.25) is 0 Å². The average molecular weight is 290 g/mol. The normalized spacial score (nSPS) is 11.2. The molecule has 0 N–H and O–H groups in total. The molecule has 2 aromatic heterocycles. The first kappa shape index (κ1) is 14.9. The van der Waals surface area contributed by atoms with Gasteiger partial charge in [-0.1, -0.05) is 0 Å². The van der Waals surface area contributed by atoms with Crippen molar-refractivity contribution in [2.45, 2.75) is 26.4 Å². The van der Waals surface area contributed by atoms with Crippen LogP contribution in [-0.4, -0.2) is 27.0 Å². The quantitative estimate of drug-likeness (QED) is 0.798. The van der Waals surface area contributed by atoms with Gasteiger partial charge in [-0.3, -0.25) is 14.3 Å². The Morgan fingerprint density at radius 1 is 1.29 bits per heavy atom. The number of carbonyl (C=O) groups excluding carboxylic acids is 2. The summed E-state index contributed by atoms with van der Waals surface area (Å²) < 4.78 is 19.9. The van der Waals surface area contributed by atoms with Gasteiger partial charge in [-0.2, -0.15) is 0 Å². The minimum atomic E-state index is -0.653. The molecule has 0 unspecified atom stereocenters. The SMILES string of the molecule is CC(C)(C)OC(=O)n1ccc(C(=O)c2cnccc2F)c1. The van der Waals surface area contributed by atoms with Crippen LogP contribution in [0.3, 0.4) is 0 Å². The number of aromatic nitrogens is 2. The van der Waals surface area contributed by atoms with E-state index in [0.717, 1.165) is 16.8 Å². The second-order valence-corrected chi connectivity index (χ2v) is 5.47. The standard InChI is InChI=1S/C15H15FN2O3/c1-15(2,3)21-14(20)18-7-5-10(9-18)13(19)11-8-17-6-4-12(11)16/h4-9H,1-3H3. The fourth-order valence-corrected chi connectivity index (χ4v) is 1.66. The first-order chi connectivity index (χ1) is 9.78. The lowest BCUT2D eigenvalue weighted by atomic mass is 10.1. The van der Waals surface area contributed by atoms with E-state index >= 15 is 0 Å². The second-order valence-electron chi connectivity index (χ2n) is 5.47. The lowest BCUT2D eigenvalue weighted by molar-refractivity contribution is 0.0537. The van der Waals surface area contributed by atoms with E-state index in [9.17, 15) is 14.0 Å². The summed E-state index contributed by atoms with van der Waals surface area (Å²) in [4.78, 5) is 27.7. The Labute approximate surface area is 121 Å². The van der Waals surface area contributed by atoms with E-state index in [0.29, 0.717) is 0 Å². The van der Waals surface area contributed by atoms with E-state index in [1.165, 1.54) is 24.7 Å². The fourth-order valence-electron chi connectivity index (χ4n) is 1.66. The highest BCUT2D eigenvalue weighted by Crippen LogP contribution is 2.14. The van der Waals surface area contributed by atoms with Gasteiger partial charge in [0.15, 0.2) is 5.78 Å². The lowest BCUT2D eigenvalue weighted by Gasteiger charge is -2.19. The Balaban J connectivity index is 2.22. The number of carbonyl (C=O) groups is 2. The molecule has 2 rings (SSSR count). The fraction of sp³-hybridized carbons (Fsp3) is 0.267. The molecule has 0 radical (unpaired) electrons. The van der Waals surface area contributed by atoms with Crippen molar-refractivity contribution in [1.82, 2.24) is 9.55 Å². The molecule has 6 heteroatoms. The molecule has 0 aromatic carbocycles. The van der Waals surface area contributed by atoms with E-state index < -0.39 is 23.3 Å². The van der Waals surface area contributed by atoms with Crippen LogP contribution in [0.1, 0.15) is 36.7 Å². The Morgan fingerprint density at radius 3 is 2.62 bits per heavy atom. The van der Waals surface area contributed by atoms with Gasteiger partial charge in [0, 0.05) is 30.4 Å². The number of ether oxygens (including phenoxy) is 1. The Hall–Kier alpha value is -2.50. The van der Waals surface area contributed by atoms with Crippen LogP contribution in [0.25, 0.3) is 0 Å². The van der Waals surface area contributed by atoms with Crippen molar-refractivity contribution in [3.8, 4) is 0 Å². The van der Waals surface area contributed by atoms with Crippen molar-refractivity contribution in [2.75, 3.05) is 0 Å². The molecule has 0 fully saturated rings. The van der Waals surface area contributed by atoms with Crippen molar-refractivity contribution in [3.63, 3.8) is 0 Å². The zero-order chi connectivity index (χ0) is 15.6. The molecular weight excluding hydrogens is 275 g/mol. The topological polar surface area (TPSA) is 61.2 Å². The van der Waals surface area contributed by atoms with Gasteiger partial charge in [-0.25, -0.2) is 9.18 Å². The third-order valence-electron chi connectivity index (χ3n) is 2.57. The van der Waals surface area contributed by atoms with Crippen LogP contribution in [-0.2, 0) is 4.74 Å². The first-order valence-corrected chi connectivity index (χ1v) is 6.33. The van der Waals surface area contributed by atoms with Gasteiger partial charge in [0.05, 0.1) is 5.56 Å². The summed E-state index contributed by atoms with van der Waals surface area (Å²) in [7, 11) is 0. The molecule has 21 heavy (non-hydrogen) atoms. The zero-order valence-corrected chi connectivity index (χ0v) is 12.0. The lowest BCUT2D eigenvalue weighted by Crippen LogP contribution is -2.26. The molecule has 2 heterocycles. The largest absolute Gasteiger partial charge is 0.443 e. The molecule has 0 aliphatic heterocycles. The minimum absolute atomic E-state index is 0.139. The molecule has 0 aliphatic carbocycles. The predicted octanol–water partition coefficient (Wildman–Crippen LogP) is 3.04. The average Bonchev–Trinajstić information content (AvgIpc) is 2.86. The number of pyridine rings is 1. The Bertz CT molecular complexity index is 686. The number of hydrogen-bond acceptors (Lipinski definition) is 4. The van der Waals surface area contributed by atoms with Crippen LogP contribution in [0.15, 0.2) is 36.9 Å². The summed E-state index contributed by atoms with van der Waals surface area (Å²) in [5.41, 5.74) is -0.590. The molecule has 5 nitrogen and oxygen atoms in total. The molecule has 2 aromatic rings. The van der Waals surface area contributed by atoms with Crippen LogP contribution in [0, 0.1) is 5.82 Å². The van der Waals surface area contributed by atoms with Gasteiger partial charge >= 0.3 is 6.09 Å². The summed E-state index contributed by atoms with van der Waals surface area (Å²) in [6, 6.07) is 2.54. The van der Waals surface area contributed by atoms with Gasteiger partial charge < -0.3 is 4.74 Å². The smallest absolute Gasteiger partial charge is 0.418 e. The molecular formula is C15H15FN2O3. The van der Waals surface area contributed by atoms with Crippen LogP contribution in [0.4, 0.5) is 9.18 Å². The highest BCUT2D eigenvalue weighted by atomic mass is 19.1. The summed E-state index contributed by atoms with van der Waals surface area (Å²) in [6.45, 7) is 5.22. The van der Waals surface area contributed by atoms with E-state index in [4.69, 9.17) is 4.74 Å². The van der Waals surface area contributed by atoms with Crippen molar-refractivity contribution in [3.05, 3.63) is 53.9 Å². The molecule has 0 bridgehead atoms. The maximum atomic E-state index is 13.6. The minimum Gasteiger partial charge on any atom is -0.443 e. The van der Waals surface area contributed by atoms with Crippen LogP contribution in [0.5, 0.6) is 0 Å². The predicted molar refractivity (Wildman–Crippen MR) is 73.7 cm³/mol. The highest BCUT2D eigenvalue weighted by Gasteiger charge is 2.20. The van der Waals surface area contributed by atoms with E-state index in [1.807, 2.05) is 0 Å². The van der Waals surface area contributed by atoms with Crippen molar-refractivity contribution >= 4 is 11.9 Å². The zero-order valence-electron chi connectivity index (χ0n) is 12.0. The Morgan fingerprint density at radius 2 is 2.00 bits per heavy atom. The third-order valence-corrected chi connectivity index (χ3v) is 2.57. The third kappa shape index (κ3) is 3.53. The molecule has 0 saturated carbocycles. The molecule has 0 amide bonds. The maximum Gasteiger partial charge on any atom is 0.418 e. The van der Waals surface area contributed by atoms with Gasteiger partial charge in [0.1, 0.15) is 11.4 Å². The summed E-state index contributed by atoms with van der Waals surface area (Å²) >= 11 is 0. The summed E-state index contributed by atoms with van der Waals surface area (Å²) in [5, 5.41) is 0. The van der Waals surface area contributed by atoms with Crippen LogP contribution >= 0.6 is 0 Å². The number of rotatable bonds is 2. The monoisotopic (exact) mass is 290 g/mol. The maximum absolute atomic E-state index is 13.6. The molecule has 0 spiro atoms. The number of nitrogens with zero attached hydrogens (tertiary/aromatic N) is 2.